The topological polar surface area (TPSA) is 94.6 Å². The van der Waals surface area contributed by atoms with Crippen molar-refractivity contribution in [1.82, 2.24) is 9.78 Å². The Morgan fingerprint density at radius 1 is 1.24 bits per heavy atom. The van der Waals surface area contributed by atoms with Crippen molar-refractivity contribution in [2.24, 2.45) is 0 Å². The first kappa shape index (κ1) is 32.6. The van der Waals surface area contributed by atoms with Gasteiger partial charge in [0.1, 0.15) is 5.75 Å². The van der Waals surface area contributed by atoms with E-state index in [0.29, 0.717) is 24.6 Å². The molecule has 0 atom stereocenters. The molecule has 0 aliphatic carbocycles. The van der Waals surface area contributed by atoms with Gasteiger partial charge in [0.05, 0.1) is 6.54 Å². The molecule has 188 valence electrons. The van der Waals surface area contributed by atoms with Crippen molar-refractivity contribution in [1.29, 1.82) is 0 Å². The van der Waals surface area contributed by atoms with Crippen molar-refractivity contribution in [2.75, 3.05) is 0 Å². The molecular weight excluding hydrogens is 432 g/mol. The minimum atomic E-state index is -1.27. The second-order valence-corrected chi connectivity index (χ2v) is 7.12. The molecule has 1 aromatic carbocycles. The number of nitrogens with zero attached hydrogens (tertiary/aromatic N) is 2. The van der Waals surface area contributed by atoms with E-state index >= 15 is 0 Å². The number of allylic oxidation sites excluding steroid dienone is 3. The molecule has 0 aliphatic rings. The third-order valence-electron chi connectivity index (χ3n) is 4.12. The number of hydrogen-bond acceptors (Lipinski definition) is 5. The standard InChI is InChI=1S/C19H24N2O5.C4H8.C2H6.C2H2/c1-4-5-13-21-18(24)25-16(20-21)8-6-7-14-9-11-15(12-10-14)26-19(2,3)17(22)23;1-3-4-2;2*1-2/h4-5,9-12H,6-8,13H2,1-3H3,(H,22,23);3H,1,4H2,2H3;1-2H3;1-2H/b5-4+;;;. The molecule has 1 N–H and O–H groups in total. The van der Waals surface area contributed by atoms with E-state index < -0.39 is 17.3 Å². The van der Waals surface area contributed by atoms with E-state index in [9.17, 15) is 9.59 Å². The molecule has 2 aromatic rings. The molecule has 0 saturated heterocycles. The average molecular weight is 473 g/mol. The molecule has 7 heteroatoms. The fraction of sp³-hybridized carbons (Fsp3) is 0.444. The molecular formula is C27H40N2O5. The highest BCUT2D eigenvalue weighted by Gasteiger charge is 2.29. The molecule has 0 amide bonds. The number of carbonyl (C=O) groups is 1. The van der Waals surface area contributed by atoms with Crippen molar-refractivity contribution in [3.05, 3.63) is 71.1 Å². The van der Waals surface area contributed by atoms with Gasteiger partial charge in [-0.3, -0.25) is 0 Å². The highest BCUT2D eigenvalue weighted by Crippen LogP contribution is 2.20. The van der Waals surface area contributed by atoms with Crippen LogP contribution >= 0.6 is 0 Å². The second kappa shape index (κ2) is 19.0. The van der Waals surface area contributed by atoms with Crippen LogP contribution in [0, 0.1) is 12.8 Å². The third kappa shape index (κ3) is 13.1. The number of carboxylic acid groups (broad SMARTS) is 1. The van der Waals surface area contributed by atoms with Crippen molar-refractivity contribution in [3.8, 4) is 18.6 Å². The maximum Gasteiger partial charge on any atom is 0.437 e. The van der Waals surface area contributed by atoms with Crippen molar-refractivity contribution < 1.29 is 19.1 Å². The normalized spacial score (nSPS) is 10.0. The fourth-order valence-corrected chi connectivity index (χ4v) is 2.28. The largest absolute Gasteiger partial charge is 0.478 e. The van der Waals surface area contributed by atoms with E-state index in [1.165, 1.54) is 18.5 Å². The van der Waals surface area contributed by atoms with Gasteiger partial charge in [-0.1, -0.05) is 51.1 Å². The molecule has 0 spiro atoms. The number of aromatic nitrogens is 2. The molecule has 1 heterocycles. The number of ether oxygens (including phenoxy) is 1. The maximum absolute atomic E-state index is 11.6. The lowest BCUT2D eigenvalue weighted by Crippen LogP contribution is -2.37. The van der Waals surface area contributed by atoms with Crippen LogP contribution in [-0.4, -0.2) is 26.5 Å². The van der Waals surface area contributed by atoms with E-state index in [0.717, 1.165) is 24.8 Å². The fourth-order valence-electron chi connectivity index (χ4n) is 2.28. The highest BCUT2D eigenvalue weighted by molar-refractivity contribution is 5.76. The van der Waals surface area contributed by atoms with Crippen molar-refractivity contribution in [2.45, 2.75) is 79.4 Å². The predicted octanol–water partition coefficient (Wildman–Crippen LogP) is 5.69. The van der Waals surface area contributed by atoms with Crippen LogP contribution in [-0.2, 0) is 24.2 Å². The quantitative estimate of drug-likeness (QED) is 0.353. The predicted molar refractivity (Wildman–Crippen MR) is 138 cm³/mol. The first-order valence-corrected chi connectivity index (χ1v) is 11.4. The number of aryl methyl sites for hydroxylation is 2. The van der Waals surface area contributed by atoms with E-state index in [1.807, 2.05) is 51.1 Å². The Morgan fingerprint density at radius 2 is 1.79 bits per heavy atom. The zero-order valence-electron chi connectivity index (χ0n) is 21.4. The van der Waals surface area contributed by atoms with Crippen LogP contribution in [0.1, 0.15) is 65.8 Å². The average Bonchev–Trinajstić information content (AvgIpc) is 3.20. The van der Waals surface area contributed by atoms with Gasteiger partial charge in [0.2, 0.25) is 5.89 Å². The number of aliphatic carboxylic acids is 1. The maximum atomic E-state index is 11.6. The second-order valence-electron chi connectivity index (χ2n) is 7.12. The lowest BCUT2D eigenvalue weighted by atomic mass is 10.1. The molecule has 34 heavy (non-hydrogen) atoms. The summed E-state index contributed by atoms with van der Waals surface area (Å²) in [6.07, 6.45) is 16.8. The lowest BCUT2D eigenvalue weighted by molar-refractivity contribution is -0.152. The molecule has 0 fully saturated rings. The molecule has 0 aliphatic heterocycles. The zero-order chi connectivity index (χ0) is 26.6. The zero-order valence-corrected chi connectivity index (χ0v) is 21.4. The van der Waals surface area contributed by atoms with Crippen LogP contribution in [0.25, 0.3) is 0 Å². The van der Waals surface area contributed by atoms with Gasteiger partial charge in [-0.05, 0) is 57.7 Å². The van der Waals surface area contributed by atoms with Crippen LogP contribution < -0.4 is 10.5 Å². The summed E-state index contributed by atoms with van der Waals surface area (Å²) in [4.78, 5) is 22.7. The summed E-state index contributed by atoms with van der Waals surface area (Å²) in [5.41, 5.74) is -0.189. The number of hydrogen-bond donors (Lipinski definition) is 1. The van der Waals surface area contributed by atoms with Crippen LogP contribution in [0.4, 0.5) is 0 Å². The monoisotopic (exact) mass is 472 g/mol. The Balaban J connectivity index is 0. The molecule has 0 bridgehead atoms. The Morgan fingerprint density at radius 3 is 2.26 bits per heavy atom. The number of carboxylic acids is 1. The Hall–Kier alpha value is -3.53. The molecule has 0 radical (unpaired) electrons. The van der Waals surface area contributed by atoms with Crippen LogP contribution in [0.5, 0.6) is 5.75 Å². The Kier molecular flexibility index (Phi) is 18.2. The van der Waals surface area contributed by atoms with Crippen LogP contribution in [0.2, 0.25) is 0 Å². The summed E-state index contributed by atoms with van der Waals surface area (Å²) in [5, 5.41) is 13.2. The van der Waals surface area contributed by atoms with Crippen molar-refractivity contribution in [3.63, 3.8) is 0 Å². The van der Waals surface area contributed by atoms with E-state index in [2.05, 4.69) is 31.4 Å². The number of benzene rings is 1. The molecule has 0 unspecified atom stereocenters. The first-order valence-electron chi connectivity index (χ1n) is 11.4. The van der Waals surface area contributed by atoms with Gasteiger partial charge in [0.15, 0.2) is 5.60 Å². The van der Waals surface area contributed by atoms with Crippen LogP contribution in [0.15, 0.2) is 58.3 Å². The Bertz CT molecular complexity index is 918. The summed E-state index contributed by atoms with van der Waals surface area (Å²) in [7, 11) is 0. The summed E-state index contributed by atoms with van der Waals surface area (Å²) in [6, 6.07) is 7.31. The molecule has 1 aromatic heterocycles. The molecule has 7 nitrogen and oxygen atoms in total. The van der Waals surface area contributed by atoms with E-state index in [-0.39, 0.29) is 0 Å². The van der Waals surface area contributed by atoms with Crippen molar-refractivity contribution >= 4 is 5.97 Å². The number of terminal acetylenes is 1. The Labute approximate surface area is 204 Å². The summed E-state index contributed by atoms with van der Waals surface area (Å²) >= 11 is 0. The lowest BCUT2D eigenvalue weighted by Gasteiger charge is -2.21. The smallest absolute Gasteiger partial charge is 0.437 e. The van der Waals surface area contributed by atoms with Gasteiger partial charge in [-0.25, -0.2) is 9.59 Å². The van der Waals surface area contributed by atoms with E-state index in [4.69, 9.17) is 14.3 Å². The summed E-state index contributed by atoms with van der Waals surface area (Å²) < 4.78 is 11.9. The third-order valence-corrected chi connectivity index (χ3v) is 4.12. The highest BCUT2D eigenvalue weighted by atomic mass is 16.5. The van der Waals surface area contributed by atoms with Gasteiger partial charge >= 0.3 is 11.7 Å². The minimum absolute atomic E-state index is 0.410. The summed E-state index contributed by atoms with van der Waals surface area (Å²) in [5.74, 6) is -0.518. The van der Waals surface area contributed by atoms with Gasteiger partial charge in [-0.15, -0.1) is 24.5 Å². The SMILES string of the molecule is C#C.C/C=C/Cn1nc(CCCc2ccc(OC(C)(C)C(=O)O)cc2)oc1=O.C=CCC.CC. The summed E-state index contributed by atoms with van der Waals surface area (Å²) in [6.45, 7) is 14.8. The van der Waals surface area contributed by atoms with Gasteiger partial charge < -0.3 is 14.3 Å². The van der Waals surface area contributed by atoms with E-state index in [1.54, 1.807) is 12.1 Å². The van der Waals surface area contributed by atoms with Gasteiger partial charge in [0.25, 0.3) is 0 Å². The van der Waals surface area contributed by atoms with Crippen LogP contribution in [0.3, 0.4) is 0 Å². The first-order chi connectivity index (χ1) is 16.2. The minimum Gasteiger partial charge on any atom is -0.478 e. The molecule has 2 rings (SSSR count). The van der Waals surface area contributed by atoms with Gasteiger partial charge in [-0.2, -0.15) is 4.68 Å². The number of rotatable bonds is 10. The molecule has 0 saturated carbocycles. The van der Waals surface area contributed by atoms with Gasteiger partial charge in [0, 0.05) is 6.42 Å².